The first kappa shape index (κ1) is 12.1. The van der Waals surface area contributed by atoms with Gasteiger partial charge in [-0.25, -0.2) is 0 Å². The second kappa shape index (κ2) is 4.26. The maximum atomic E-state index is 10.2. The summed E-state index contributed by atoms with van der Waals surface area (Å²) in [7, 11) is 0. The van der Waals surface area contributed by atoms with Gasteiger partial charge in [-0.1, -0.05) is 45.4 Å². The molecular formula is C14H22O. The summed E-state index contributed by atoms with van der Waals surface area (Å²) in [5.41, 5.74) is 3.44. The van der Waals surface area contributed by atoms with Gasteiger partial charge in [-0.05, 0) is 30.7 Å². The van der Waals surface area contributed by atoms with Crippen LogP contribution >= 0.6 is 0 Å². The third-order valence-electron chi connectivity index (χ3n) is 3.33. The van der Waals surface area contributed by atoms with Crippen LogP contribution in [-0.2, 0) is 11.8 Å². The molecule has 0 aliphatic heterocycles. The van der Waals surface area contributed by atoms with Crippen LogP contribution in [0, 0.1) is 6.92 Å². The standard InChI is InChI=1S/C14H22O/c1-6-11-8-10(3)9-12(13(11)15)14(4,5)7-2/h8-9,15H,6-7H2,1-5H3. The Morgan fingerprint density at radius 2 is 1.80 bits per heavy atom. The molecule has 0 aliphatic carbocycles. The summed E-state index contributed by atoms with van der Waals surface area (Å²) < 4.78 is 0. The van der Waals surface area contributed by atoms with Crippen molar-refractivity contribution in [3.05, 3.63) is 28.8 Å². The normalized spacial score (nSPS) is 11.8. The summed E-state index contributed by atoms with van der Waals surface area (Å²) >= 11 is 0. The number of hydrogen-bond acceptors (Lipinski definition) is 1. The highest BCUT2D eigenvalue weighted by atomic mass is 16.3. The van der Waals surface area contributed by atoms with E-state index in [1.807, 2.05) is 0 Å². The molecule has 1 nitrogen and oxygen atoms in total. The molecule has 0 atom stereocenters. The summed E-state index contributed by atoms with van der Waals surface area (Å²) in [6.07, 6.45) is 1.92. The minimum Gasteiger partial charge on any atom is -0.507 e. The largest absolute Gasteiger partial charge is 0.507 e. The molecule has 0 unspecified atom stereocenters. The van der Waals surface area contributed by atoms with Crippen molar-refractivity contribution in [2.45, 2.75) is 52.9 Å². The zero-order valence-corrected chi connectivity index (χ0v) is 10.5. The lowest BCUT2D eigenvalue weighted by Gasteiger charge is -2.26. The second-order valence-corrected chi connectivity index (χ2v) is 4.91. The van der Waals surface area contributed by atoms with Crippen LogP contribution in [0.15, 0.2) is 12.1 Å². The first-order valence-electron chi connectivity index (χ1n) is 5.75. The Kier molecular flexibility index (Phi) is 3.43. The SMILES string of the molecule is CCc1cc(C)cc(C(C)(C)CC)c1O. The predicted molar refractivity (Wildman–Crippen MR) is 65.5 cm³/mol. The fourth-order valence-corrected chi connectivity index (χ4v) is 1.83. The molecule has 0 aromatic heterocycles. The monoisotopic (exact) mass is 206 g/mol. The van der Waals surface area contributed by atoms with Crippen LogP contribution in [0.1, 0.15) is 50.8 Å². The summed E-state index contributed by atoms with van der Waals surface area (Å²) in [6.45, 7) is 10.7. The maximum Gasteiger partial charge on any atom is 0.122 e. The molecule has 84 valence electrons. The summed E-state index contributed by atoms with van der Waals surface area (Å²) in [5.74, 6) is 0.495. The van der Waals surface area contributed by atoms with Crippen molar-refractivity contribution in [1.82, 2.24) is 0 Å². The highest BCUT2D eigenvalue weighted by Crippen LogP contribution is 2.36. The van der Waals surface area contributed by atoms with Crippen molar-refractivity contribution >= 4 is 0 Å². The van der Waals surface area contributed by atoms with Crippen LogP contribution in [0.4, 0.5) is 0 Å². The van der Waals surface area contributed by atoms with Crippen molar-refractivity contribution in [3.63, 3.8) is 0 Å². The van der Waals surface area contributed by atoms with Gasteiger partial charge in [0, 0.05) is 5.56 Å². The highest BCUT2D eigenvalue weighted by Gasteiger charge is 2.23. The molecule has 1 aromatic rings. The topological polar surface area (TPSA) is 20.2 Å². The van der Waals surface area contributed by atoms with Gasteiger partial charge >= 0.3 is 0 Å². The quantitative estimate of drug-likeness (QED) is 0.794. The molecule has 0 fully saturated rings. The number of hydrogen-bond donors (Lipinski definition) is 1. The highest BCUT2D eigenvalue weighted by molar-refractivity contribution is 5.47. The lowest BCUT2D eigenvalue weighted by atomic mass is 9.80. The number of aromatic hydroxyl groups is 1. The van der Waals surface area contributed by atoms with Gasteiger partial charge in [-0.15, -0.1) is 0 Å². The smallest absolute Gasteiger partial charge is 0.122 e. The van der Waals surface area contributed by atoms with E-state index in [-0.39, 0.29) is 5.41 Å². The predicted octanol–water partition coefficient (Wildman–Crippen LogP) is 3.95. The van der Waals surface area contributed by atoms with Gasteiger partial charge in [0.15, 0.2) is 0 Å². The fraction of sp³-hybridized carbons (Fsp3) is 0.571. The molecule has 0 bridgehead atoms. The van der Waals surface area contributed by atoms with Crippen molar-refractivity contribution in [3.8, 4) is 5.75 Å². The van der Waals surface area contributed by atoms with Crippen molar-refractivity contribution in [2.75, 3.05) is 0 Å². The molecule has 0 saturated carbocycles. The Balaban J connectivity index is 3.35. The van der Waals surface area contributed by atoms with Gasteiger partial charge in [0.25, 0.3) is 0 Å². The molecule has 1 N–H and O–H groups in total. The van der Waals surface area contributed by atoms with Gasteiger partial charge in [0.2, 0.25) is 0 Å². The molecule has 15 heavy (non-hydrogen) atoms. The molecular weight excluding hydrogens is 184 g/mol. The zero-order chi connectivity index (χ0) is 11.6. The molecule has 1 aromatic carbocycles. The van der Waals surface area contributed by atoms with Crippen molar-refractivity contribution in [2.24, 2.45) is 0 Å². The molecule has 1 heteroatoms. The van der Waals surface area contributed by atoms with E-state index in [0.717, 1.165) is 24.0 Å². The first-order chi connectivity index (χ1) is 6.92. The Hall–Kier alpha value is -0.980. The molecule has 0 aliphatic rings. The van der Waals surface area contributed by atoms with Crippen LogP contribution in [-0.4, -0.2) is 5.11 Å². The minimum atomic E-state index is 0.0556. The Bertz CT molecular complexity index is 351. The average Bonchev–Trinajstić information content (AvgIpc) is 2.20. The summed E-state index contributed by atoms with van der Waals surface area (Å²) in [6, 6.07) is 4.18. The van der Waals surface area contributed by atoms with E-state index in [1.165, 1.54) is 5.56 Å². The third kappa shape index (κ3) is 2.34. The van der Waals surface area contributed by atoms with Crippen LogP contribution in [0.5, 0.6) is 5.75 Å². The van der Waals surface area contributed by atoms with E-state index in [2.05, 4.69) is 46.8 Å². The molecule has 0 heterocycles. The number of phenolic OH excluding ortho intramolecular Hbond substituents is 1. The third-order valence-corrected chi connectivity index (χ3v) is 3.33. The van der Waals surface area contributed by atoms with E-state index < -0.39 is 0 Å². The lowest BCUT2D eigenvalue weighted by molar-refractivity contribution is 0.423. The summed E-state index contributed by atoms with van der Waals surface area (Å²) in [4.78, 5) is 0. The van der Waals surface area contributed by atoms with Gasteiger partial charge < -0.3 is 5.11 Å². The van der Waals surface area contributed by atoms with Crippen molar-refractivity contribution in [1.29, 1.82) is 0 Å². The first-order valence-corrected chi connectivity index (χ1v) is 5.75. The Morgan fingerprint density at radius 3 is 2.27 bits per heavy atom. The maximum absolute atomic E-state index is 10.2. The fourth-order valence-electron chi connectivity index (χ4n) is 1.83. The van der Waals surface area contributed by atoms with Crippen LogP contribution in [0.25, 0.3) is 0 Å². The van der Waals surface area contributed by atoms with Crippen molar-refractivity contribution < 1.29 is 5.11 Å². The van der Waals surface area contributed by atoms with Crippen LogP contribution in [0.2, 0.25) is 0 Å². The van der Waals surface area contributed by atoms with E-state index >= 15 is 0 Å². The second-order valence-electron chi connectivity index (χ2n) is 4.91. The number of rotatable bonds is 3. The number of benzene rings is 1. The minimum absolute atomic E-state index is 0.0556. The molecule has 0 spiro atoms. The molecule has 1 rings (SSSR count). The Morgan fingerprint density at radius 1 is 1.20 bits per heavy atom. The van der Waals surface area contributed by atoms with Gasteiger partial charge in [0.05, 0.1) is 0 Å². The zero-order valence-electron chi connectivity index (χ0n) is 10.5. The van der Waals surface area contributed by atoms with Crippen LogP contribution < -0.4 is 0 Å². The van der Waals surface area contributed by atoms with Gasteiger partial charge in [-0.3, -0.25) is 0 Å². The van der Waals surface area contributed by atoms with E-state index in [9.17, 15) is 5.11 Å². The average molecular weight is 206 g/mol. The van der Waals surface area contributed by atoms with Crippen LogP contribution in [0.3, 0.4) is 0 Å². The molecule has 0 radical (unpaired) electrons. The van der Waals surface area contributed by atoms with Gasteiger partial charge in [-0.2, -0.15) is 0 Å². The van der Waals surface area contributed by atoms with E-state index in [4.69, 9.17) is 0 Å². The molecule has 0 saturated heterocycles. The lowest BCUT2D eigenvalue weighted by Crippen LogP contribution is -2.16. The van der Waals surface area contributed by atoms with E-state index in [1.54, 1.807) is 0 Å². The number of phenols is 1. The van der Waals surface area contributed by atoms with Gasteiger partial charge in [0.1, 0.15) is 5.75 Å². The molecule has 0 amide bonds. The summed E-state index contributed by atoms with van der Waals surface area (Å²) in [5, 5.41) is 10.2. The number of aryl methyl sites for hydroxylation is 2. The van der Waals surface area contributed by atoms with E-state index in [0.29, 0.717) is 5.75 Å². The Labute approximate surface area is 93.1 Å².